The highest BCUT2D eigenvalue weighted by Crippen LogP contribution is 2.22. The van der Waals surface area contributed by atoms with Crippen molar-refractivity contribution in [2.75, 3.05) is 20.8 Å². The van der Waals surface area contributed by atoms with Gasteiger partial charge in [0.1, 0.15) is 5.82 Å². The molecule has 0 radical (unpaired) electrons. The van der Waals surface area contributed by atoms with Crippen LogP contribution in [-0.2, 0) is 11.2 Å². The summed E-state index contributed by atoms with van der Waals surface area (Å²) in [5, 5.41) is 6.99. The van der Waals surface area contributed by atoms with Crippen molar-refractivity contribution in [3.05, 3.63) is 34.9 Å². The number of hydrogen-bond donors (Lipinski definition) is 1. The molecule has 2 rings (SSSR count). The van der Waals surface area contributed by atoms with Crippen LogP contribution in [0, 0.1) is 5.82 Å². The van der Waals surface area contributed by atoms with Crippen molar-refractivity contribution in [2.45, 2.75) is 12.5 Å². The van der Waals surface area contributed by atoms with Gasteiger partial charge in [0.2, 0.25) is 11.7 Å². The standard InChI is InChI=1S/C13H15ClFN3O2/c1-16-9(7-19-2)6-12-17-13(18-20-12)8-3-4-11(15)10(14)5-8/h3-5,9,16H,6-7H2,1-2H3. The predicted molar refractivity (Wildman–Crippen MR) is 73.1 cm³/mol. The zero-order chi connectivity index (χ0) is 14.5. The molecule has 5 nitrogen and oxygen atoms in total. The van der Waals surface area contributed by atoms with Gasteiger partial charge < -0.3 is 14.6 Å². The van der Waals surface area contributed by atoms with Gasteiger partial charge in [0.05, 0.1) is 11.6 Å². The van der Waals surface area contributed by atoms with Gasteiger partial charge in [-0.1, -0.05) is 16.8 Å². The minimum Gasteiger partial charge on any atom is -0.383 e. The van der Waals surface area contributed by atoms with Crippen molar-refractivity contribution >= 4 is 11.6 Å². The molecule has 0 fully saturated rings. The first-order chi connectivity index (χ1) is 9.63. The predicted octanol–water partition coefficient (Wildman–Crippen LogP) is 2.31. The van der Waals surface area contributed by atoms with Gasteiger partial charge in [-0.25, -0.2) is 4.39 Å². The van der Waals surface area contributed by atoms with E-state index in [0.29, 0.717) is 30.3 Å². The van der Waals surface area contributed by atoms with Crippen molar-refractivity contribution in [1.82, 2.24) is 15.5 Å². The lowest BCUT2D eigenvalue weighted by atomic mass is 10.2. The molecule has 20 heavy (non-hydrogen) atoms. The molecule has 1 unspecified atom stereocenters. The fraction of sp³-hybridized carbons (Fsp3) is 0.385. The van der Waals surface area contributed by atoms with Crippen molar-refractivity contribution in [2.24, 2.45) is 0 Å². The highest BCUT2D eigenvalue weighted by atomic mass is 35.5. The average molecular weight is 300 g/mol. The van der Waals surface area contributed by atoms with Gasteiger partial charge in [0.25, 0.3) is 0 Å². The first-order valence-electron chi connectivity index (χ1n) is 6.08. The topological polar surface area (TPSA) is 60.2 Å². The van der Waals surface area contributed by atoms with Crippen LogP contribution in [0.2, 0.25) is 5.02 Å². The second-order valence-corrected chi connectivity index (χ2v) is 4.69. The molecule has 0 saturated carbocycles. The number of benzene rings is 1. The Kier molecular flexibility index (Phi) is 5.05. The fourth-order valence-corrected chi connectivity index (χ4v) is 1.93. The molecule has 1 N–H and O–H groups in total. The number of aromatic nitrogens is 2. The van der Waals surface area contributed by atoms with Crippen LogP contribution < -0.4 is 5.32 Å². The summed E-state index contributed by atoms with van der Waals surface area (Å²) in [6.07, 6.45) is 0.548. The van der Waals surface area contributed by atoms with Gasteiger partial charge in [-0.2, -0.15) is 4.98 Å². The summed E-state index contributed by atoms with van der Waals surface area (Å²) in [7, 11) is 3.46. The van der Waals surface area contributed by atoms with Crippen LogP contribution in [0.5, 0.6) is 0 Å². The van der Waals surface area contributed by atoms with E-state index in [1.54, 1.807) is 13.2 Å². The summed E-state index contributed by atoms with van der Waals surface area (Å²) in [6, 6.07) is 4.39. The largest absolute Gasteiger partial charge is 0.383 e. The Labute approximate surface area is 121 Å². The summed E-state index contributed by atoms with van der Waals surface area (Å²) in [5.74, 6) is 0.389. The molecule has 0 aliphatic heterocycles. The number of hydrogen-bond acceptors (Lipinski definition) is 5. The van der Waals surface area contributed by atoms with Crippen LogP contribution >= 0.6 is 11.6 Å². The lowest BCUT2D eigenvalue weighted by Crippen LogP contribution is -2.32. The zero-order valence-corrected chi connectivity index (χ0v) is 11.9. The van der Waals surface area contributed by atoms with E-state index in [9.17, 15) is 4.39 Å². The molecule has 1 aromatic heterocycles. The molecular formula is C13H15ClFN3O2. The summed E-state index contributed by atoms with van der Waals surface area (Å²) < 4.78 is 23.4. The zero-order valence-electron chi connectivity index (χ0n) is 11.2. The highest BCUT2D eigenvalue weighted by Gasteiger charge is 2.14. The number of ether oxygens (including phenoxy) is 1. The molecule has 0 spiro atoms. The minimum absolute atomic E-state index is 0.0290. The molecule has 0 aliphatic carbocycles. The number of rotatable bonds is 6. The minimum atomic E-state index is -0.477. The van der Waals surface area contributed by atoms with E-state index >= 15 is 0 Å². The molecule has 2 aromatic rings. The SMILES string of the molecule is CNC(COC)Cc1nc(-c2ccc(F)c(Cl)c2)no1. The molecule has 1 aromatic carbocycles. The number of likely N-dealkylation sites (N-methyl/N-ethyl adjacent to an activating group) is 1. The molecule has 0 saturated heterocycles. The quantitative estimate of drug-likeness (QED) is 0.887. The molecule has 7 heteroatoms. The molecular weight excluding hydrogens is 285 g/mol. The van der Waals surface area contributed by atoms with Crippen molar-refractivity contribution in [1.29, 1.82) is 0 Å². The maximum absolute atomic E-state index is 13.1. The van der Waals surface area contributed by atoms with E-state index in [0.717, 1.165) is 0 Å². The Morgan fingerprint density at radius 1 is 1.50 bits per heavy atom. The van der Waals surface area contributed by atoms with Crippen molar-refractivity contribution < 1.29 is 13.7 Å². The second-order valence-electron chi connectivity index (χ2n) is 4.29. The third kappa shape index (κ3) is 3.53. The normalized spacial score (nSPS) is 12.6. The van der Waals surface area contributed by atoms with Gasteiger partial charge in [-0.05, 0) is 25.2 Å². The molecule has 1 atom stereocenters. The smallest absolute Gasteiger partial charge is 0.228 e. The van der Waals surface area contributed by atoms with Gasteiger partial charge in [-0.15, -0.1) is 0 Å². The van der Waals surface area contributed by atoms with Crippen molar-refractivity contribution in [3.63, 3.8) is 0 Å². The van der Waals surface area contributed by atoms with Gasteiger partial charge in [-0.3, -0.25) is 0 Å². The van der Waals surface area contributed by atoms with Gasteiger partial charge >= 0.3 is 0 Å². The van der Waals surface area contributed by atoms with Crippen LogP contribution in [0.3, 0.4) is 0 Å². The average Bonchev–Trinajstić information content (AvgIpc) is 2.90. The maximum Gasteiger partial charge on any atom is 0.228 e. The van der Waals surface area contributed by atoms with E-state index in [1.165, 1.54) is 12.1 Å². The highest BCUT2D eigenvalue weighted by molar-refractivity contribution is 6.31. The summed E-state index contributed by atoms with van der Waals surface area (Å²) in [6.45, 7) is 0.538. The Bertz CT molecular complexity index is 576. The van der Waals surface area contributed by atoms with Crippen LogP contribution in [-0.4, -0.2) is 36.9 Å². The fourth-order valence-electron chi connectivity index (χ4n) is 1.75. The monoisotopic (exact) mass is 299 g/mol. The number of nitrogens with zero attached hydrogens (tertiary/aromatic N) is 2. The van der Waals surface area contributed by atoms with E-state index < -0.39 is 5.82 Å². The molecule has 108 valence electrons. The second kappa shape index (κ2) is 6.78. The van der Waals surface area contributed by atoms with Crippen molar-refractivity contribution in [3.8, 4) is 11.4 Å². The summed E-state index contributed by atoms with van der Waals surface area (Å²) >= 11 is 5.73. The van der Waals surface area contributed by atoms with E-state index in [2.05, 4.69) is 15.5 Å². The Morgan fingerprint density at radius 3 is 2.95 bits per heavy atom. The third-order valence-electron chi connectivity index (χ3n) is 2.84. The Balaban J connectivity index is 2.13. The maximum atomic E-state index is 13.1. The number of halogens is 2. The molecule has 0 bridgehead atoms. The van der Waals surface area contributed by atoms with E-state index in [1.807, 2.05) is 7.05 Å². The van der Waals surface area contributed by atoms with Gasteiger partial charge in [0.15, 0.2) is 0 Å². The van der Waals surface area contributed by atoms with E-state index in [-0.39, 0.29) is 11.1 Å². The molecule has 0 aliphatic rings. The van der Waals surface area contributed by atoms with Gasteiger partial charge in [0, 0.05) is 25.1 Å². The number of nitrogens with one attached hydrogen (secondary N) is 1. The summed E-state index contributed by atoms with van der Waals surface area (Å²) in [5.41, 5.74) is 0.610. The van der Waals surface area contributed by atoms with Crippen LogP contribution in [0.25, 0.3) is 11.4 Å². The third-order valence-corrected chi connectivity index (χ3v) is 3.13. The molecule has 1 heterocycles. The Hall–Kier alpha value is -1.50. The number of methoxy groups -OCH3 is 1. The Morgan fingerprint density at radius 2 is 2.30 bits per heavy atom. The van der Waals surface area contributed by atoms with Crippen LogP contribution in [0.15, 0.2) is 22.7 Å². The first kappa shape index (κ1) is 14.9. The molecule has 0 amide bonds. The summed E-state index contributed by atoms with van der Waals surface area (Å²) in [4.78, 5) is 4.27. The van der Waals surface area contributed by atoms with Crippen LogP contribution in [0.1, 0.15) is 5.89 Å². The van der Waals surface area contributed by atoms with Crippen LogP contribution in [0.4, 0.5) is 4.39 Å². The van der Waals surface area contributed by atoms with E-state index in [4.69, 9.17) is 20.9 Å². The first-order valence-corrected chi connectivity index (χ1v) is 6.46. The lowest BCUT2D eigenvalue weighted by Gasteiger charge is -2.11. The lowest BCUT2D eigenvalue weighted by molar-refractivity contribution is 0.165.